The van der Waals surface area contributed by atoms with Crippen molar-refractivity contribution in [1.82, 2.24) is 19.6 Å². The number of aryl methyl sites for hydroxylation is 2. The first kappa shape index (κ1) is 21.7. The number of fused-ring (bicyclic) bond motifs is 3. The second-order valence-electron chi connectivity index (χ2n) is 8.52. The molecule has 6 nitrogen and oxygen atoms in total. The summed E-state index contributed by atoms with van der Waals surface area (Å²) < 4.78 is 0. The Morgan fingerprint density at radius 1 is 0.567 bits per heavy atom. The van der Waals surface area contributed by atoms with Gasteiger partial charge in [0.1, 0.15) is 0 Å². The van der Waals surface area contributed by atoms with Gasteiger partial charge in [-0.05, 0) is 36.1 Å². The molecule has 0 bridgehead atoms. The number of aliphatic imine (C=N–C) groups is 2. The summed E-state index contributed by atoms with van der Waals surface area (Å²) >= 11 is 0. The first-order valence-corrected chi connectivity index (χ1v) is 10.3. The van der Waals surface area contributed by atoms with Crippen molar-refractivity contribution in [2.45, 2.75) is 12.8 Å². The van der Waals surface area contributed by atoms with E-state index < -0.39 is 0 Å². The second kappa shape index (κ2) is 8.78. The van der Waals surface area contributed by atoms with E-state index in [1.54, 1.807) is 0 Å². The minimum atomic E-state index is 0.916. The molecule has 0 fully saturated rings. The molecule has 0 radical (unpaired) electrons. The molecule has 0 aliphatic heterocycles. The van der Waals surface area contributed by atoms with Crippen LogP contribution in [0.1, 0.15) is 11.1 Å². The SMILES string of the molecule is CN(C)C(=Nc1cccc2c1-c1c(cccc1N=C(N(C)C)N(C)C)CC2)N(C)C. The minimum absolute atomic E-state index is 0.916. The summed E-state index contributed by atoms with van der Waals surface area (Å²) in [6.45, 7) is 0. The van der Waals surface area contributed by atoms with Crippen molar-refractivity contribution in [3.8, 4) is 11.1 Å². The molecule has 0 saturated heterocycles. The van der Waals surface area contributed by atoms with Gasteiger partial charge in [0.2, 0.25) is 11.9 Å². The molecule has 0 saturated carbocycles. The molecule has 0 atom stereocenters. The molecule has 1 aliphatic carbocycles. The normalized spacial score (nSPS) is 11.7. The molecule has 0 N–H and O–H groups in total. The van der Waals surface area contributed by atoms with Gasteiger partial charge in [0.05, 0.1) is 11.4 Å². The van der Waals surface area contributed by atoms with Gasteiger partial charge in [-0.2, -0.15) is 0 Å². The lowest BCUT2D eigenvalue weighted by molar-refractivity contribution is 0.484. The van der Waals surface area contributed by atoms with Gasteiger partial charge in [0.25, 0.3) is 0 Å². The average molecular weight is 407 g/mol. The predicted octanol–water partition coefficient (Wildman–Crippen LogP) is 3.67. The lowest BCUT2D eigenvalue weighted by atomic mass is 9.83. The molecule has 1 aliphatic rings. The summed E-state index contributed by atoms with van der Waals surface area (Å²) in [6, 6.07) is 12.9. The third-order valence-electron chi connectivity index (χ3n) is 5.21. The topological polar surface area (TPSA) is 37.7 Å². The Morgan fingerprint density at radius 3 is 1.20 bits per heavy atom. The van der Waals surface area contributed by atoms with E-state index in [1.165, 1.54) is 22.3 Å². The molecule has 0 aromatic heterocycles. The smallest absolute Gasteiger partial charge is 0.200 e. The molecule has 3 rings (SSSR count). The van der Waals surface area contributed by atoms with Crippen LogP contribution in [0.5, 0.6) is 0 Å². The molecular weight excluding hydrogens is 372 g/mol. The summed E-state index contributed by atoms with van der Waals surface area (Å²) in [4.78, 5) is 18.3. The highest BCUT2D eigenvalue weighted by atomic mass is 15.3. The molecule has 0 amide bonds. The molecule has 6 heteroatoms. The predicted molar refractivity (Wildman–Crippen MR) is 128 cm³/mol. The lowest BCUT2D eigenvalue weighted by Crippen LogP contribution is -2.35. The summed E-state index contributed by atoms with van der Waals surface area (Å²) in [5.41, 5.74) is 7.06. The Hall–Kier alpha value is -3.02. The van der Waals surface area contributed by atoms with Gasteiger partial charge in [-0.3, -0.25) is 0 Å². The van der Waals surface area contributed by atoms with Crippen LogP contribution in [0.15, 0.2) is 46.4 Å². The van der Waals surface area contributed by atoms with Crippen LogP contribution in [-0.4, -0.2) is 87.9 Å². The molecule has 0 heterocycles. The van der Waals surface area contributed by atoms with Gasteiger partial charge in [0, 0.05) is 67.5 Å². The van der Waals surface area contributed by atoms with E-state index in [1.807, 2.05) is 76.0 Å². The molecule has 2 aromatic rings. The van der Waals surface area contributed by atoms with Crippen LogP contribution in [0.3, 0.4) is 0 Å². The summed E-state index contributed by atoms with van der Waals surface area (Å²) in [5, 5.41) is 0. The standard InChI is InChI=1S/C24H34N6/c1-27(2)23(28(3)4)25-19-13-9-11-17-15-16-18-12-10-14-20(22(18)21(17)19)26-24(29(5)6)30(7)8/h9-14H,15-16H2,1-8H3. The van der Waals surface area contributed by atoms with E-state index in [0.717, 1.165) is 36.1 Å². The maximum absolute atomic E-state index is 5.06. The number of guanidine groups is 2. The zero-order valence-electron chi connectivity index (χ0n) is 19.6. The van der Waals surface area contributed by atoms with Gasteiger partial charge >= 0.3 is 0 Å². The maximum Gasteiger partial charge on any atom is 0.200 e. The van der Waals surface area contributed by atoms with E-state index >= 15 is 0 Å². The van der Waals surface area contributed by atoms with E-state index in [-0.39, 0.29) is 0 Å². The van der Waals surface area contributed by atoms with Gasteiger partial charge < -0.3 is 19.6 Å². The van der Waals surface area contributed by atoms with Crippen LogP contribution < -0.4 is 0 Å². The van der Waals surface area contributed by atoms with E-state index in [2.05, 4.69) is 36.4 Å². The fourth-order valence-corrected chi connectivity index (χ4v) is 4.04. The van der Waals surface area contributed by atoms with Gasteiger partial charge in [0.15, 0.2) is 0 Å². The largest absolute Gasteiger partial charge is 0.349 e. The molecule has 0 spiro atoms. The van der Waals surface area contributed by atoms with Gasteiger partial charge in [-0.25, -0.2) is 9.98 Å². The number of benzene rings is 2. The lowest BCUT2D eigenvalue weighted by Gasteiger charge is -2.27. The van der Waals surface area contributed by atoms with Crippen molar-refractivity contribution in [3.63, 3.8) is 0 Å². The zero-order valence-corrected chi connectivity index (χ0v) is 19.6. The zero-order chi connectivity index (χ0) is 22.0. The Balaban J connectivity index is 2.28. The van der Waals surface area contributed by atoms with Crippen LogP contribution in [0.4, 0.5) is 11.4 Å². The third-order valence-corrected chi connectivity index (χ3v) is 5.21. The summed E-state index contributed by atoms with van der Waals surface area (Å²) in [6.07, 6.45) is 2.04. The minimum Gasteiger partial charge on any atom is -0.349 e. The summed E-state index contributed by atoms with van der Waals surface area (Å²) in [5.74, 6) is 1.83. The fourth-order valence-electron chi connectivity index (χ4n) is 4.04. The summed E-state index contributed by atoms with van der Waals surface area (Å²) in [7, 11) is 16.2. The van der Waals surface area contributed by atoms with Crippen molar-refractivity contribution in [2.75, 3.05) is 56.4 Å². The quantitative estimate of drug-likeness (QED) is 0.563. The van der Waals surface area contributed by atoms with E-state index in [0.29, 0.717) is 0 Å². The Bertz CT molecular complexity index is 870. The average Bonchev–Trinajstić information content (AvgIpc) is 2.68. The monoisotopic (exact) mass is 406 g/mol. The van der Waals surface area contributed by atoms with Crippen LogP contribution in [0, 0.1) is 0 Å². The Labute approximate surface area is 181 Å². The van der Waals surface area contributed by atoms with Crippen molar-refractivity contribution < 1.29 is 0 Å². The second-order valence-corrected chi connectivity index (χ2v) is 8.52. The van der Waals surface area contributed by atoms with Gasteiger partial charge in [-0.15, -0.1) is 0 Å². The van der Waals surface area contributed by atoms with E-state index in [9.17, 15) is 0 Å². The van der Waals surface area contributed by atoms with Gasteiger partial charge in [-0.1, -0.05) is 24.3 Å². The number of nitrogens with zero attached hydrogens (tertiary/aromatic N) is 6. The van der Waals surface area contributed by atoms with Crippen LogP contribution in [0.25, 0.3) is 11.1 Å². The highest BCUT2D eigenvalue weighted by Gasteiger charge is 2.23. The van der Waals surface area contributed by atoms with Crippen molar-refractivity contribution in [1.29, 1.82) is 0 Å². The molecule has 0 unspecified atom stereocenters. The van der Waals surface area contributed by atoms with Crippen molar-refractivity contribution >= 4 is 23.3 Å². The molecular formula is C24H34N6. The van der Waals surface area contributed by atoms with Crippen molar-refractivity contribution in [3.05, 3.63) is 47.5 Å². The third kappa shape index (κ3) is 4.27. The van der Waals surface area contributed by atoms with Crippen molar-refractivity contribution in [2.24, 2.45) is 9.98 Å². The number of hydrogen-bond acceptors (Lipinski definition) is 2. The first-order valence-electron chi connectivity index (χ1n) is 10.3. The highest BCUT2D eigenvalue weighted by molar-refractivity contribution is 5.94. The van der Waals surface area contributed by atoms with Crippen LogP contribution in [-0.2, 0) is 12.8 Å². The first-order chi connectivity index (χ1) is 14.2. The number of rotatable bonds is 2. The molecule has 30 heavy (non-hydrogen) atoms. The molecule has 2 aromatic carbocycles. The van der Waals surface area contributed by atoms with Crippen LogP contribution in [0.2, 0.25) is 0 Å². The number of hydrogen-bond donors (Lipinski definition) is 0. The molecule has 160 valence electrons. The highest BCUT2D eigenvalue weighted by Crippen LogP contribution is 2.45. The van der Waals surface area contributed by atoms with Crippen LogP contribution >= 0.6 is 0 Å². The fraction of sp³-hybridized carbons (Fsp3) is 0.417. The Morgan fingerprint density at radius 2 is 0.900 bits per heavy atom. The van der Waals surface area contributed by atoms with E-state index in [4.69, 9.17) is 9.98 Å². The Kier molecular flexibility index (Phi) is 6.34. The maximum atomic E-state index is 5.06.